The van der Waals surface area contributed by atoms with Crippen LogP contribution in [0.1, 0.15) is 17.4 Å². The predicted octanol–water partition coefficient (Wildman–Crippen LogP) is 2.86. The van der Waals surface area contributed by atoms with Crippen molar-refractivity contribution >= 4 is 29.2 Å². The number of amides is 1. The van der Waals surface area contributed by atoms with Gasteiger partial charge in [-0.1, -0.05) is 11.6 Å². The van der Waals surface area contributed by atoms with Crippen molar-refractivity contribution in [2.45, 2.75) is 13.0 Å². The highest BCUT2D eigenvalue weighted by Gasteiger charge is 2.20. The highest BCUT2D eigenvalue weighted by Crippen LogP contribution is 2.14. The average Bonchev–Trinajstić information content (AvgIpc) is 2.87. The molecule has 1 heterocycles. The smallest absolute Gasteiger partial charge is 0.355 e. The topological polar surface area (TPSA) is 60.3 Å². The Morgan fingerprint density at radius 2 is 1.90 bits per heavy atom. The standard InChI is InChI=1S/C15H15ClN2O3/c1-10(21-15(20)13-4-3-9-18(13)2)14(19)17-12-7-5-11(16)6-8-12/h3-10H,1-2H3,(H,17,19)/t10-/m1/s1. The first kappa shape index (κ1) is 15.1. The van der Waals surface area contributed by atoms with Crippen LogP contribution >= 0.6 is 11.6 Å². The van der Waals surface area contributed by atoms with Gasteiger partial charge >= 0.3 is 5.97 Å². The number of anilines is 1. The van der Waals surface area contributed by atoms with Gasteiger partial charge in [-0.15, -0.1) is 0 Å². The normalized spacial score (nSPS) is 11.8. The molecule has 0 aliphatic heterocycles. The molecule has 0 fully saturated rings. The molecule has 2 aromatic rings. The fourth-order valence-corrected chi connectivity index (χ4v) is 1.85. The van der Waals surface area contributed by atoms with Crippen LogP contribution in [0.2, 0.25) is 5.02 Å². The van der Waals surface area contributed by atoms with Gasteiger partial charge in [0, 0.05) is 24.0 Å². The number of ether oxygens (including phenoxy) is 1. The number of hydrogen-bond donors (Lipinski definition) is 1. The highest BCUT2D eigenvalue weighted by molar-refractivity contribution is 6.30. The number of nitrogens with one attached hydrogen (secondary N) is 1. The molecule has 6 heteroatoms. The zero-order valence-corrected chi connectivity index (χ0v) is 12.4. The molecular formula is C15H15ClN2O3. The lowest BCUT2D eigenvalue weighted by Crippen LogP contribution is -2.30. The first-order valence-electron chi connectivity index (χ1n) is 6.36. The van der Waals surface area contributed by atoms with E-state index in [0.717, 1.165) is 0 Å². The van der Waals surface area contributed by atoms with Crippen LogP contribution in [0.5, 0.6) is 0 Å². The molecule has 0 unspecified atom stereocenters. The summed E-state index contributed by atoms with van der Waals surface area (Å²) in [5.41, 5.74) is 0.979. The van der Waals surface area contributed by atoms with Gasteiger partial charge in [-0.05, 0) is 43.3 Å². The maximum atomic E-state index is 12.0. The van der Waals surface area contributed by atoms with Gasteiger partial charge in [0.25, 0.3) is 5.91 Å². The summed E-state index contributed by atoms with van der Waals surface area (Å²) in [5.74, 6) is -0.943. The van der Waals surface area contributed by atoms with Crippen molar-refractivity contribution in [3.8, 4) is 0 Å². The number of esters is 1. The van der Waals surface area contributed by atoms with Gasteiger partial charge in [0.15, 0.2) is 6.10 Å². The summed E-state index contributed by atoms with van der Waals surface area (Å²) in [6, 6.07) is 10.0. The molecular weight excluding hydrogens is 292 g/mol. The van der Waals surface area contributed by atoms with Crippen molar-refractivity contribution in [3.05, 3.63) is 53.3 Å². The SMILES string of the molecule is C[C@@H](OC(=O)c1cccn1C)C(=O)Nc1ccc(Cl)cc1. The molecule has 21 heavy (non-hydrogen) atoms. The number of aromatic nitrogens is 1. The molecule has 2 rings (SSSR count). The van der Waals surface area contributed by atoms with Crippen LogP contribution in [0.3, 0.4) is 0 Å². The van der Waals surface area contributed by atoms with Crippen molar-refractivity contribution in [2.75, 3.05) is 5.32 Å². The van der Waals surface area contributed by atoms with E-state index in [9.17, 15) is 9.59 Å². The van der Waals surface area contributed by atoms with Gasteiger partial charge < -0.3 is 14.6 Å². The van der Waals surface area contributed by atoms with Crippen LogP contribution in [-0.4, -0.2) is 22.5 Å². The lowest BCUT2D eigenvalue weighted by molar-refractivity contribution is -0.123. The second-order valence-electron chi connectivity index (χ2n) is 4.55. The van der Waals surface area contributed by atoms with E-state index in [1.807, 2.05) is 0 Å². The molecule has 0 radical (unpaired) electrons. The van der Waals surface area contributed by atoms with Crippen LogP contribution in [0, 0.1) is 0 Å². The minimum atomic E-state index is -0.900. The molecule has 0 saturated heterocycles. The van der Waals surface area contributed by atoms with Crippen molar-refractivity contribution in [3.63, 3.8) is 0 Å². The Morgan fingerprint density at radius 3 is 2.48 bits per heavy atom. The Morgan fingerprint density at radius 1 is 1.24 bits per heavy atom. The quantitative estimate of drug-likeness (QED) is 0.884. The number of hydrogen-bond acceptors (Lipinski definition) is 3. The maximum absolute atomic E-state index is 12.0. The molecule has 0 saturated carbocycles. The van der Waals surface area contributed by atoms with Gasteiger partial charge in [0.05, 0.1) is 0 Å². The van der Waals surface area contributed by atoms with Crippen molar-refractivity contribution in [2.24, 2.45) is 7.05 Å². The fourth-order valence-electron chi connectivity index (χ4n) is 1.72. The number of rotatable bonds is 4. The molecule has 0 bridgehead atoms. The minimum Gasteiger partial charge on any atom is -0.448 e. The monoisotopic (exact) mass is 306 g/mol. The van der Waals surface area contributed by atoms with Crippen molar-refractivity contribution in [1.29, 1.82) is 0 Å². The molecule has 1 N–H and O–H groups in total. The Balaban J connectivity index is 1.95. The fraction of sp³-hybridized carbons (Fsp3) is 0.200. The van der Waals surface area contributed by atoms with Crippen LogP contribution < -0.4 is 5.32 Å². The zero-order chi connectivity index (χ0) is 15.4. The summed E-state index contributed by atoms with van der Waals surface area (Å²) in [6.07, 6.45) is 0.831. The Hall–Kier alpha value is -2.27. The number of carbonyl (C=O) groups excluding carboxylic acids is 2. The van der Waals surface area contributed by atoms with E-state index >= 15 is 0 Å². The molecule has 1 aromatic heterocycles. The zero-order valence-electron chi connectivity index (χ0n) is 11.7. The van der Waals surface area contributed by atoms with Gasteiger partial charge in [-0.3, -0.25) is 4.79 Å². The van der Waals surface area contributed by atoms with E-state index in [4.69, 9.17) is 16.3 Å². The van der Waals surface area contributed by atoms with Crippen LogP contribution in [0.25, 0.3) is 0 Å². The maximum Gasteiger partial charge on any atom is 0.355 e. The number of halogens is 1. The number of nitrogens with zero attached hydrogens (tertiary/aromatic N) is 1. The summed E-state index contributed by atoms with van der Waals surface area (Å²) >= 11 is 5.77. The van der Waals surface area contributed by atoms with Gasteiger partial charge in [-0.2, -0.15) is 0 Å². The lowest BCUT2D eigenvalue weighted by atomic mass is 10.3. The van der Waals surface area contributed by atoms with E-state index < -0.39 is 18.0 Å². The van der Waals surface area contributed by atoms with Crippen LogP contribution in [0.15, 0.2) is 42.6 Å². The highest BCUT2D eigenvalue weighted by atomic mass is 35.5. The molecule has 1 atom stereocenters. The molecule has 1 aromatic carbocycles. The lowest BCUT2D eigenvalue weighted by Gasteiger charge is -2.13. The summed E-state index contributed by atoms with van der Waals surface area (Å²) in [6.45, 7) is 1.52. The Bertz CT molecular complexity index is 649. The first-order chi connectivity index (χ1) is 9.97. The van der Waals surface area contributed by atoms with Gasteiger partial charge in [0.1, 0.15) is 5.69 Å². The van der Waals surface area contributed by atoms with Gasteiger partial charge in [0.2, 0.25) is 0 Å². The molecule has 0 spiro atoms. The Labute approximate surface area is 127 Å². The number of benzene rings is 1. The second kappa shape index (κ2) is 6.45. The molecule has 110 valence electrons. The predicted molar refractivity (Wildman–Crippen MR) is 80.4 cm³/mol. The molecule has 5 nitrogen and oxygen atoms in total. The average molecular weight is 307 g/mol. The third-order valence-corrected chi connectivity index (χ3v) is 3.17. The minimum absolute atomic E-state index is 0.390. The Kier molecular flexibility index (Phi) is 4.65. The summed E-state index contributed by atoms with van der Waals surface area (Å²) in [4.78, 5) is 23.9. The number of aryl methyl sites for hydroxylation is 1. The summed E-state index contributed by atoms with van der Waals surface area (Å²) in [7, 11) is 1.73. The number of carbonyl (C=O) groups is 2. The van der Waals surface area contributed by atoms with E-state index in [2.05, 4.69) is 5.32 Å². The molecule has 0 aliphatic carbocycles. The van der Waals surface area contributed by atoms with E-state index in [1.165, 1.54) is 6.92 Å². The molecule has 1 amide bonds. The molecule has 0 aliphatic rings. The second-order valence-corrected chi connectivity index (χ2v) is 4.98. The van der Waals surface area contributed by atoms with Crippen LogP contribution in [-0.2, 0) is 16.6 Å². The third-order valence-electron chi connectivity index (χ3n) is 2.92. The first-order valence-corrected chi connectivity index (χ1v) is 6.74. The van der Waals surface area contributed by atoms with E-state index in [0.29, 0.717) is 16.4 Å². The van der Waals surface area contributed by atoms with E-state index in [1.54, 1.807) is 54.2 Å². The van der Waals surface area contributed by atoms with Gasteiger partial charge in [-0.25, -0.2) is 4.79 Å². The van der Waals surface area contributed by atoms with Crippen molar-refractivity contribution < 1.29 is 14.3 Å². The van der Waals surface area contributed by atoms with E-state index in [-0.39, 0.29) is 0 Å². The van der Waals surface area contributed by atoms with Crippen molar-refractivity contribution in [1.82, 2.24) is 4.57 Å². The van der Waals surface area contributed by atoms with Crippen LogP contribution in [0.4, 0.5) is 5.69 Å². The largest absolute Gasteiger partial charge is 0.448 e. The summed E-state index contributed by atoms with van der Waals surface area (Å²) < 4.78 is 6.77. The third kappa shape index (κ3) is 3.86. The summed E-state index contributed by atoms with van der Waals surface area (Å²) in [5, 5.41) is 3.23.